The monoisotopic (exact) mass is 269 g/mol. The first-order valence-corrected chi connectivity index (χ1v) is 7.42. The molecule has 1 rings (SSSR count). The fourth-order valence-electron chi connectivity index (χ4n) is 2.55. The van der Waals surface area contributed by atoms with Gasteiger partial charge in [-0.15, -0.1) is 0 Å². The lowest BCUT2D eigenvalue weighted by Gasteiger charge is -2.20. The van der Waals surface area contributed by atoms with Gasteiger partial charge in [-0.05, 0) is 25.7 Å². The molecule has 0 aromatic heterocycles. The number of rotatable bonds is 6. The van der Waals surface area contributed by atoms with Crippen LogP contribution in [-0.4, -0.2) is 30.4 Å². The minimum atomic E-state index is -0.398. The molecule has 1 N–H and O–H groups in total. The quantitative estimate of drug-likeness (QED) is 0.754. The molecule has 0 spiro atoms. The van der Waals surface area contributed by atoms with E-state index in [1.54, 1.807) is 0 Å². The van der Waals surface area contributed by atoms with Crippen molar-refractivity contribution in [2.45, 2.75) is 71.4 Å². The molecule has 4 nitrogen and oxygen atoms in total. The Bertz CT molecular complexity index is 294. The van der Waals surface area contributed by atoms with Gasteiger partial charge in [0.1, 0.15) is 6.61 Å². The molecule has 0 aromatic carbocycles. The molecule has 4 heteroatoms. The van der Waals surface area contributed by atoms with Crippen LogP contribution in [0.5, 0.6) is 0 Å². The Morgan fingerprint density at radius 3 is 2.21 bits per heavy atom. The summed E-state index contributed by atoms with van der Waals surface area (Å²) in [7, 11) is 0. The standard InChI is InChI=1S/C15H27NO3/c1-11(2)15(12(3)17)16-14(18)10-19-13-8-6-4-5-7-9-13/h11,13,15H,4-10H2,1-3H3,(H,16,18). The molecule has 0 radical (unpaired) electrons. The second kappa shape index (κ2) is 8.31. The number of hydrogen-bond donors (Lipinski definition) is 1. The Kier molecular flexibility index (Phi) is 7.06. The second-order valence-electron chi connectivity index (χ2n) is 5.82. The van der Waals surface area contributed by atoms with Crippen LogP contribution in [0, 0.1) is 5.92 Å². The molecule has 1 atom stereocenters. The van der Waals surface area contributed by atoms with E-state index in [4.69, 9.17) is 4.74 Å². The van der Waals surface area contributed by atoms with Crippen LogP contribution in [0.25, 0.3) is 0 Å². The fraction of sp³-hybridized carbons (Fsp3) is 0.867. The molecule has 0 aromatic rings. The zero-order valence-corrected chi connectivity index (χ0v) is 12.4. The Labute approximate surface area is 116 Å². The first kappa shape index (κ1) is 16.2. The van der Waals surface area contributed by atoms with Crippen molar-refractivity contribution >= 4 is 11.7 Å². The average Bonchev–Trinajstić information content (AvgIpc) is 2.61. The van der Waals surface area contributed by atoms with E-state index in [9.17, 15) is 9.59 Å². The Morgan fingerprint density at radius 1 is 1.16 bits per heavy atom. The maximum absolute atomic E-state index is 11.8. The third kappa shape index (κ3) is 6.19. The summed E-state index contributed by atoms with van der Waals surface area (Å²) in [5.74, 6) is -0.0738. The minimum Gasteiger partial charge on any atom is -0.368 e. The highest BCUT2D eigenvalue weighted by Crippen LogP contribution is 2.19. The molecule has 0 heterocycles. The van der Waals surface area contributed by atoms with E-state index in [-0.39, 0.29) is 30.3 Å². The van der Waals surface area contributed by atoms with Gasteiger partial charge in [0.05, 0.1) is 12.1 Å². The van der Waals surface area contributed by atoms with E-state index >= 15 is 0 Å². The molecule has 0 aliphatic heterocycles. The Morgan fingerprint density at radius 2 is 1.74 bits per heavy atom. The number of carbonyl (C=O) groups is 2. The van der Waals surface area contributed by atoms with Crippen molar-refractivity contribution in [2.24, 2.45) is 5.92 Å². The van der Waals surface area contributed by atoms with Crippen LogP contribution in [0.1, 0.15) is 59.3 Å². The van der Waals surface area contributed by atoms with Gasteiger partial charge in [-0.3, -0.25) is 9.59 Å². The largest absolute Gasteiger partial charge is 0.368 e. The lowest BCUT2D eigenvalue weighted by Crippen LogP contribution is -2.45. The number of nitrogens with one attached hydrogen (secondary N) is 1. The van der Waals surface area contributed by atoms with Gasteiger partial charge in [-0.25, -0.2) is 0 Å². The Hall–Kier alpha value is -0.900. The average molecular weight is 269 g/mol. The summed E-state index contributed by atoms with van der Waals surface area (Å²) < 4.78 is 5.66. The van der Waals surface area contributed by atoms with Crippen LogP contribution < -0.4 is 5.32 Å². The van der Waals surface area contributed by atoms with Gasteiger partial charge in [-0.1, -0.05) is 39.5 Å². The highest BCUT2D eigenvalue weighted by molar-refractivity contribution is 5.88. The summed E-state index contributed by atoms with van der Waals surface area (Å²) in [4.78, 5) is 23.2. The molecule has 0 saturated heterocycles. The van der Waals surface area contributed by atoms with Crippen LogP contribution in [0.3, 0.4) is 0 Å². The smallest absolute Gasteiger partial charge is 0.246 e. The first-order chi connectivity index (χ1) is 9.00. The number of carbonyl (C=O) groups excluding carboxylic acids is 2. The predicted octanol–water partition coefficient (Wildman–Crippen LogP) is 2.46. The third-order valence-electron chi connectivity index (χ3n) is 3.67. The zero-order valence-electron chi connectivity index (χ0n) is 12.4. The second-order valence-corrected chi connectivity index (χ2v) is 5.82. The molecule has 1 fully saturated rings. The summed E-state index contributed by atoms with van der Waals surface area (Å²) in [5.41, 5.74) is 0. The lowest BCUT2D eigenvalue weighted by molar-refractivity contribution is -0.132. The highest BCUT2D eigenvalue weighted by atomic mass is 16.5. The zero-order chi connectivity index (χ0) is 14.3. The van der Waals surface area contributed by atoms with E-state index in [1.165, 1.54) is 32.6 Å². The molecular formula is C15H27NO3. The van der Waals surface area contributed by atoms with Crippen LogP contribution >= 0.6 is 0 Å². The van der Waals surface area contributed by atoms with Crippen molar-refractivity contribution in [2.75, 3.05) is 6.61 Å². The SMILES string of the molecule is CC(=O)C(NC(=O)COC1CCCCCC1)C(C)C. The van der Waals surface area contributed by atoms with E-state index in [0.717, 1.165) is 12.8 Å². The summed E-state index contributed by atoms with van der Waals surface area (Å²) in [6.07, 6.45) is 7.23. The minimum absolute atomic E-state index is 0.00202. The van der Waals surface area contributed by atoms with Gasteiger partial charge in [-0.2, -0.15) is 0 Å². The maximum atomic E-state index is 11.8. The molecule has 19 heavy (non-hydrogen) atoms. The van der Waals surface area contributed by atoms with Crippen LogP contribution in [0.15, 0.2) is 0 Å². The molecule has 1 amide bonds. The van der Waals surface area contributed by atoms with Gasteiger partial charge in [0, 0.05) is 0 Å². The van der Waals surface area contributed by atoms with E-state index in [0.29, 0.717) is 0 Å². The summed E-state index contributed by atoms with van der Waals surface area (Å²) in [5, 5.41) is 2.76. The number of ketones is 1. The molecule has 110 valence electrons. The highest BCUT2D eigenvalue weighted by Gasteiger charge is 2.21. The predicted molar refractivity (Wildman–Crippen MR) is 74.9 cm³/mol. The van der Waals surface area contributed by atoms with E-state index in [2.05, 4.69) is 5.32 Å². The molecule has 1 aliphatic carbocycles. The van der Waals surface area contributed by atoms with E-state index in [1.807, 2.05) is 13.8 Å². The topological polar surface area (TPSA) is 55.4 Å². The van der Waals surface area contributed by atoms with Crippen LogP contribution in [0.4, 0.5) is 0 Å². The summed E-state index contributed by atoms with van der Waals surface area (Å²) in [6, 6.07) is -0.398. The van der Waals surface area contributed by atoms with Gasteiger partial charge in [0.2, 0.25) is 5.91 Å². The number of hydrogen-bond acceptors (Lipinski definition) is 3. The van der Waals surface area contributed by atoms with Crippen LogP contribution in [0.2, 0.25) is 0 Å². The summed E-state index contributed by atoms with van der Waals surface area (Å²) in [6.45, 7) is 5.44. The van der Waals surface area contributed by atoms with Gasteiger partial charge < -0.3 is 10.1 Å². The molecule has 1 aliphatic rings. The van der Waals surface area contributed by atoms with Crippen LogP contribution in [-0.2, 0) is 14.3 Å². The number of amides is 1. The van der Waals surface area contributed by atoms with Gasteiger partial charge in [0.25, 0.3) is 0 Å². The molecule has 1 saturated carbocycles. The van der Waals surface area contributed by atoms with Crippen molar-refractivity contribution in [3.63, 3.8) is 0 Å². The molecule has 0 bridgehead atoms. The van der Waals surface area contributed by atoms with Crippen molar-refractivity contribution in [3.8, 4) is 0 Å². The van der Waals surface area contributed by atoms with Crippen molar-refractivity contribution < 1.29 is 14.3 Å². The van der Waals surface area contributed by atoms with Crippen molar-refractivity contribution in [3.05, 3.63) is 0 Å². The maximum Gasteiger partial charge on any atom is 0.246 e. The van der Waals surface area contributed by atoms with Crippen molar-refractivity contribution in [1.29, 1.82) is 0 Å². The molecule has 1 unspecified atom stereocenters. The summed E-state index contributed by atoms with van der Waals surface area (Å²) >= 11 is 0. The number of Topliss-reactive ketones (excluding diaryl/α,β-unsaturated/α-hetero) is 1. The van der Waals surface area contributed by atoms with E-state index < -0.39 is 6.04 Å². The van der Waals surface area contributed by atoms with Gasteiger partial charge >= 0.3 is 0 Å². The third-order valence-corrected chi connectivity index (χ3v) is 3.67. The fourth-order valence-corrected chi connectivity index (χ4v) is 2.55. The normalized spacial score (nSPS) is 18.9. The lowest BCUT2D eigenvalue weighted by atomic mass is 10.0. The molecular weight excluding hydrogens is 242 g/mol. The van der Waals surface area contributed by atoms with Crippen molar-refractivity contribution in [1.82, 2.24) is 5.32 Å². The number of ether oxygens (including phenoxy) is 1. The van der Waals surface area contributed by atoms with Gasteiger partial charge in [0.15, 0.2) is 5.78 Å². The first-order valence-electron chi connectivity index (χ1n) is 7.42. The Balaban J connectivity index is 2.31.